The van der Waals surface area contributed by atoms with E-state index < -0.39 is 0 Å². The molecule has 0 radical (unpaired) electrons. The highest BCUT2D eigenvalue weighted by atomic mass is 16.5. The monoisotopic (exact) mass is 354 g/mol. The maximum atomic E-state index is 5.74. The number of hydrogen-bond donors (Lipinski definition) is 0. The molecular weight excluding hydrogens is 332 g/mol. The van der Waals surface area contributed by atoms with E-state index in [2.05, 4.69) is 36.7 Å². The van der Waals surface area contributed by atoms with Crippen molar-refractivity contribution in [3.63, 3.8) is 0 Å². The van der Waals surface area contributed by atoms with Crippen LogP contribution in [-0.2, 0) is 26.1 Å². The van der Waals surface area contributed by atoms with Crippen LogP contribution in [0.15, 0.2) is 35.0 Å². The molecule has 0 aromatic carbocycles. The quantitative estimate of drug-likeness (QED) is 0.693. The van der Waals surface area contributed by atoms with Crippen LogP contribution < -0.4 is 4.74 Å². The van der Waals surface area contributed by atoms with Gasteiger partial charge in [0.2, 0.25) is 5.88 Å². The first-order chi connectivity index (χ1) is 12.7. The zero-order valence-corrected chi connectivity index (χ0v) is 15.0. The van der Waals surface area contributed by atoms with Gasteiger partial charge in [0.1, 0.15) is 18.2 Å². The highest BCUT2D eigenvalue weighted by molar-refractivity contribution is 5.10. The second-order valence-electron chi connectivity index (χ2n) is 6.59. The van der Waals surface area contributed by atoms with Gasteiger partial charge in [0, 0.05) is 50.4 Å². The summed E-state index contributed by atoms with van der Waals surface area (Å²) in [6.45, 7) is 6.98. The lowest BCUT2D eigenvalue weighted by atomic mass is 10.2. The van der Waals surface area contributed by atoms with Crippen molar-refractivity contribution < 1.29 is 9.26 Å². The van der Waals surface area contributed by atoms with Crippen molar-refractivity contribution in [1.82, 2.24) is 29.8 Å². The lowest BCUT2D eigenvalue weighted by Gasteiger charge is -2.25. The molecule has 1 aliphatic heterocycles. The first-order valence-electron chi connectivity index (χ1n) is 8.80. The number of ether oxygens (including phenoxy) is 1. The Morgan fingerprint density at radius 3 is 2.96 bits per heavy atom. The van der Waals surface area contributed by atoms with Crippen LogP contribution in [0, 0.1) is 6.92 Å². The number of aryl methyl sites for hydroxylation is 1. The van der Waals surface area contributed by atoms with Crippen LogP contribution in [-0.4, -0.2) is 42.4 Å². The molecule has 0 saturated carbocycles. The van der Waals surface area contributed by atoms with Gasteiger partial charge in [-0.3, -0.25) is 4.90 Å². The van der Waals surface area contributed by atoms with E-state index >= 15 is 0 Å². The molecule has 0 fully saturated rings. The van der Waals surface area contributed by atoms with Crippen molar-refractivity contribution >= 4 is 0 Å². The summed E-state index contributed by atoms with van der Waals surface area (Å²) in [7, 11) is 0. The van der Waals surface area contributed by atoms with E-state index in [0.717, 1.165) is 49.2 Å². The van der Waals surface area contributed by atoms with Gasteiger partial charge in [-0.15, -0.1) is 10.2 Å². The molecule has 1 unspecified atom stereocenters. The smallest absolute Gasteiger partial charge is 0.213 e. The van der Waals surface area contributed by atoms with Crippen molar-refractivity contribution in [3.8, 4) is 5.88 Å². The van der Waals surface area contributed by atoms with E-state index in [1.54, 1.807) is 6.20 Å². The molecule has 136 valence electrons. The first-order valence-corrected chi connectivity index (χ1v) is 8.80. The molecule has 0 N–H and O–H groups in total. The largest absolute Gasteiger partial charge is 0.469 e. The Balaban J connectivity index is 1.44. The van der Waals surface area contributed by atoms with Gasteiger partial charge in [-0.25, -0.2) is 4.98 Å². The number of aromatic nitrogens is 5. The van der Waals surface area contributed by atoms with E-state index in [9.17, 15) is 0 Å². The van der Waals surface area contributed by atoms with Crippen molar-refractivity contribution in [1.29, 1.82) is 0 Å². The summed E-state index contributed by atoms with van der Waals surface area (Å²) in [5.41, 5.74) is 0.964. The molecule has 0 aliphatic carbocycles. The molecule has 4 heterocycles. The predicted molar refractivity (Wildman–Crippen MR) is 93.4 cm³/mol. The second kappa shape index (κ2) is 7.25. The van der Waals surface area contributed by atoms with Gasteiger partial charge >= 0.3 is 0 Å². The molecule has 0 bridgehead atoms. The summed E-state index contributed by atoms with van der Waals surface area (Å²) >= 11 is 0. The third kappa shape index (κ3) is 3.60. The van der Waals surface area contributed by atoms with Gasteiger partial charge in [0.25, 0.3) is 0 Å². The third-order valence-corrected chi connectivity index (χ3v) is 4.64. The molecule has 3 aromatic rings. The maximum absolute atomic E-state index is 5.74. The van der Waals surface area contributed by atoms with Gasteiger partial charge < -0.3 is 13.8 Å². The summed E-state index contributed by atoms with van der Waals surface area (Å²) in [6.07, 6.45) is 2.55. The lowest BCUT2D eigenvalue weighted by molar-refractivity contribution is 0.195. The zero-order chi connectivity index (χ0) is 17.9. The van der Waals surface area contributed by atoms with Crippen LogP contribution in [0.1, 0.15) is 30.0 Å². The molecule has 4 rings (SSSR count). The van der Waals surface area contributed by atoms with Gasteiger partial charge in [-0.1, -0.05) is 11.2 Å². The fourth-order valence-electron chi connectivity index (χ4n) is 3.24. The van der Waals surface area contributed by atoms with Gasteiger partial charge in [0.05, 0.1) is 5.69 Å². The molecule has 8 heteroatoms. The number of hydrogen-bond acceptors (Lipinski definition) is 7. The second-order valence-corrected chi connectivity index (χ2v) is 6.59. The Hall–Kier alpha value is -2.74. The number of fused-ring (bicyclic) bond motifs is 1. The van der Waals surface area contributed by atoms with Crippen molar-refractivity contribution in [2.24, 2.45) is 0 Å². The van der Waals surface area contributed by atoms with E-state index in [4.69, 9.17) is 9.26 Å². The molecule has 0 amide bonds. The average Bonchev–Trinajstić information content (AvgIpc) is 3.19. The Bertz CT molecular complexity index is 860. The SMILES string of the molecule is Cc1cc(CN2CCn3c(COc4ccccn4)nnc3CC2C)no1. The minimum absolute atomic E-state index is 0.349. The Labute approximate surface area is 151 Å². The molecule has 0 saturated heterocycles. The van der Waals surface area contributed by atoms with E-state index in [0.29, 0.717) is 18.5 Å². The zero-order valence-electron chi connectivity index (χ0n) is 15.0. The molecule has 1 atom stereocenters. The van der Waals surface area contributed by atoms with Crippen LogP contribution in [0.3, 0.4) is 0 Å². The number of pyridine rings is 1. The average molecular weight is 354 g/mol. The van der Waals surface area contributed by atoms with Crippen molar-refractivity contribution in [2.45, 2.75) is 46.0 Å². The van der Waals surface area contributed by atoms with E-state index in [1.807, 2.05) is 31.2 Å². The topological polar surface area (TPSA) is 82.1 Å². The lowest BCUT2D eigenvalue weighted by Crippen LogP contribution is -2.34. The van der Waals surface area contributed by atoms with Crippen LogP contribution in [0.4, 0.5) is 0 Å². The summed E-state index contributed by atoms with van der Waals surface area (Å²) in [6, 6.07) is 7.94. The van der Waals surface area contributed by atoms with Crippen LogP contribution in [0.5, 0.6) is 5.88 Å². The highest BCUT2D eigenvalue weighted by Crippen LogP contribution is 2.18. The van der Waals surface area contributed by atoms with Gasteiger partial charge in [0.15, 0.2) is 5.82 Å². The summed E-state index contributed by atoms with van der Waals surface area (Å²) in [4.78, 5) is 6.58. The van der Waals surface area contributed by atoms with Gasteiger partial charge in [-0.05, 0) is 19.9 Å². The van der Waals surface area contributed by atoms with Gasteiger partial charge in [-0.2, -0.15) is 0 Å². The van der Waals surface area contributed by atoms with Crippen molar-refractivity contribution in [2.75, 3.05) is 6.54 Å². The van der Waals surface area contributed by atoms with Crippen LogP contribution in [0.2, 0.25) is 0 Å². The maximum Gasteiger partial charge on any atom is 0.213 e. The number of nitrogens with zero attached hydrogens (tertiary/aromatic N) is 6. The summed E-state index contributed by atoms with van der Waals surface area (Å²) in [5, 5.41) is 12.8. The van der Waals surface area contributed by atoms with Crippen LogP contribution >= 0.6 is 0 Å². The fourth-order valence-corrected chi connectivity index (χ4v) is 3.24. The molecule has 8 nitrogen and oxygen atoms in total. The molecule has 0 spiro atoms. The third-order valence-electron chi connectivity index (χ3n) is 4.64. The summed E-state index contributed by atoms with van der Waals surface area (Å²) in [5.74, 6) is 3.26. The first kappa shape index (κ1) is 16.7. The minimum atomic E-state index is 0.349. The predicted octanol–water partition coefficient (Wildman–Crippen LogP) is 2.00. The molecular formula is C18H22N6O2. The standard InChI is InChI=1S/C18H22N6O2/c1-13-9-16-20-21-17(12-25-18-5-3-4-6-19-18)24(16)8-7-23(13)11-15-10-14(2)26-22-15/h3-6,10,13H,7-9,11-12H2,1-2H3. The normalized spacial score (nSPS) is 17.7. The van der Waals surface area contributed by atoms with Crippen molar-refractivity contribution in [3.05, 3.63) is 53.6 Å². The van der Waals surface area contributed by atoms with E-state index in [1.165, 1.54) is 0 Å². The molecule has 26 heavy (non-hydrogen) atoms. The van der Waals surface area contributed by atoms with Crippen LogP contribution in [0.25, 0.3) is 0 Å². The summed E-state index contributed by atoms with van der Waals surface area (Å²) < 4.78 is 13.1. The number of rotatable bonds is 5. The Morgan fingerprint density at radius 2 is 2.19 bits per heavy atom. The minimum Gasteiger partial charge on any atom is -0.469 e. The Kier molecular flexibility index (Phi) is 4.66. The highest BCUT2D eigenvalue weighted by Gasteiger charge is 2.24. The van der Waals surface area contributed by atoms with E-state index in [-0.39, 0.29) is 0 Å². The molecule has 3 aromatic heterocycles. The molecule has 1 aliphatic rings. The fraction of sp³-hybridized carbons (Fsp3) is 0.444. The Morgan fingerprint density at radius 1 is 1.27 bits per heavy atom.